The highest BCUT2D eigenvalue weighted by atomic mass is 35.5. The van der Waals surface area contributed by atoms with Crippen molar-refractivity contribution in [2.75, 3.05) is 11.9 Å². The number of amides is 2. The molecule has 2 rings (SSSR count). The molecule has 0 bridgehead atoms. The van der Waals surface area contributed by atoms with E-state index in [2.05, 4.69) is 25.4 Å². The standard InChI is InChI=1S/C22H26BClN4O8S/c1-10-6-7-12(15(24)11(10)2)17(29)25-8-14(19(32)35-23)36-28-16(18(30)31)13-9-37-20(26-13)27-21(33)34-22(3,4)5/h6-7,9,14H,8,23H2,1-5H3,(H,25,29)(H,30,31)(H,26,27,33)/b28-16-. The van der Waals surface area contributed by atoms with Crippen LogP contribution in [0.1, 0.15) is 48.0 Å². The van der Waals surface area contributed by atoms with Gasteiger partial charge in [-0.25, -0.2) is 19.4 Å². The van der Waals surface area contributed by atoms with Gasteiger partial charge in [-0.1, -0.05) is 22.8 Å². The average Bonchev–Trinajstić information content (AvgIpc) is 3.25. The fourth-order valence-corrected chi connectivity index (χ4v) is 3.65. The van der Waals surface area contributed by atoms with Crippen molar-refractivity contribution in [2.45, 2.75) is 46.3 Å². The molecule has 0 aliphatic carbocycles. The number of hydrogen-bond donors (Lipinski definition) is 3. The fraction of sp³-hybridized carbons (Fsp3) is 0.364. The van der Waals surface area contributed by atoms with Gasteiger partial charge in [0.2, 0.25) is 11.8 Å². The number of aromatic nitrogens is 1. The van der Waals surface area contributed by atoms with Crippen LogP contribution in [0.3, 0.4) is 0 Å². The highest BCUT2D eigenvalue weighted by Crippen LogP contribution is 2.23. The third-order valence-corrected chi connectivity index (χ3v) is 5.89. The minimum absolute atomic E-state index is 0.0558. The number of carboxylic acid groups (broad SMARTS) is 1. The van der Waals surface area contributed by atoms with Gasteiger partial charge in [-0.2, -0.15) is 0 Å². The van der Waals surface area contributed by atoms with E-state index in [1.807, 2.05) is 6.92 Å². The Morgan fingerprint density at radius 2 is 1.92 bits per heavy atom. The van der Waals surface area contributed by atoms with Gasteiger partial charge in [0.25, 0.3) is 5.91 Å². The lowest BCUT2D eigenvalue weighted by Crippen LogP contribution is -2.39. The van der Waals surface area contributed by atoms with E-state index in [1.165, 1.54) is 5.38 Å². The summed E-state index contributed by atoms with van der Waals surface area (Å²) in [6, 6.07) is 3.27. The SMILES string of the molecule is BOC(=O)C(CNC(=O)c1ccc(C)c(C)c1Cl)O/N=C(\C(=O)O)c1csc(NC(=O)OC(C)(C)C)n1. The van der Waals surface area contributed by atoms with Gasteiger partial charge in [-0.05, 0) is 51.8 Å². The van der Waals surface area contributed by atoms with Gasteiger partial charge in [0.1, 0.15) is 11.3 Å². The van der Waals surface area contributed by atoms with Crippen LogP contribution in [0, 0.1) is 13.8 Å². The quantitative estimate of drug-likeness (QED) is 0.241. The van der Waals surface area contributed by atoms with E-state index >= 15 is 0 Å². The zero-order valence-electron chi connectivity index (χ0n) is 21.0. The molecule has 1 atom stereocenters. The molecule has 0 saturated carbocycles. The Morgan fingerprint density at radius 3 is 2.51 bits per heavy atom. The molecule has 2 amide bonds. The molecule has 1 heterocycles. The van der Waals surface area contributed by atoms with Crippen LogP contribution in [0.4, 0.5) is 9.93 Å². The number of rotatable bonds is 9. The van der Waals surface area contributed by atoms with Crippen LogP contribution < -0.4 is 10.6 Å². The number of benzene rings is 1. The Labute approximate surface area is 222 Å². The van der Waals surface area contributed by atoms with Crippen LogP contribution >= 0.6 is 22.9 Å². The first-order valence-electron chi connectivity index (χ1n) is 10.8. The Bertz CT molecular complexity index is 1230. The molecule has 0 aliphatic heterocycles. The number of aryl methyl sites for hydroxylation is 1. The first-order valence-corrected chi connectivity index (χ1v) is 12.0. The van der Waals surface area contributed by atoms with Gasteiger partial charge in [0.05, 0.1) is 17.1 Å². The van der Waals surface area contributed by atoms with Gasteiger partial charge < -0.3 is 24.7 Å². The van der Waals surface area contributed by atoms with E-state index in [0.29, 0.717) is 0 Å². The van der Waals surface area contributed by atoms with Crippen LogP contribution in [-0.2, 0) is 23.8 Å². The maximum absolute atomic E-state index is 12.6. The molecule has 0 spiro atoms. The van der Waals surface area contributed by atoms with Gasteiger partial charge in [-0.15, -0.1) is 11.3 Å². The van der Waals surface area contributed by atoms with Gasteiger partial charge in [-0.3, -0.25) is 10.1 Å². The van der Waals surface area contributed by atoms with Crippen molar-refractivity contribution in [1.29, 1.82) is 0 Å². The average molecular weight is 553 g/mol. The minimum atomic E-state index is -1.51. The summed E-state index contributed by atoms with van der Waals surface area (Å²) >= 11 is 7.18. The number of nitrogens with zero attached hydrogens (tertiary/aromatic N) is 2. The largest absolute Gasteiger partial charge is 0.541 e. The Balaban J connectivity index is 2.16. The summed E-state index contributed by atoms with van der Waals surface area (Å²) in [6.45, 7) is 8.27. The Hall–Kier alpha value is -3.65. The maximum atomic E-state index is 12.6. The monoisotopic (exact) mass is 552 g/mol. The lowest BCUT2D eigenvalue weighted by atomic mass is 10.1. The highest BCUT2D eigenvalue weighted by molar-refractivity contribution is 7.14. The molecule has 0 radical (unpaired) electrons. The van der Waals surface area contributed by atoms with Gasteiger partial charge in [0, 0.05) is 5.38 Å². The number of carboxylic acids is 1. The predicted molar refractivity (Wildman–Crippen MR) is 139 cm³/mol. The summed E-state index contributed by atoms with van der Waals surface area (Å²) in [4.78, 5) is 57.6. The number of aliphatic carboxylic acids is 1. The number of halogens is 1. The second-order valence-electron chi connectivity index (χ2n) is 8.61. The predicted octanol–water partition coefficient (Wildman–Crippen LogP) is 2.46. The third-order valence-electron chi connectivity index (χ3n) is 4.64. The molecular formula is C22H26BClN4O8S. The summed E-state index contributed by atoms with van der Waals surface area (Å²) in [6.07, 6.45) is -2.25. The molecular weight excluding hydrogens is 527 g/mol. The second kappa shape index (κ2) is 12.5. The smallest absolute Gasteiger partial charge is 0.413 e. The molecule has 3 N–H and O–H groups in total. The summed E-state index contributed by atoms with van der Waals surface area (Å²) in [5, 5.41) is 19.6. The molecule has 0 saturated heterocycles. The van der Waals surface area contributed by atoms with Gasteiger partial charge in [0.15, 0.2) is 5.13 Å². The number of anilines is 1. The van der Waals surface area contributed by atoms with Crippen molar-refractivity contribution >= 4 is 65.8 Å². The molecule has 1 aromatic heterocycles. The van der Waals surface area contributed by atoms with Crippen molar-refractivity contribution in [2.24, 2.45) is 5.16 Å². The third kappa shape index (κ3) is 8.46. The maximum Gasteiger partial charge on any atom is 0.413 e. The number of nitrogens with one attached hydrogen (secondary N) is 2. The van der Waals surface area contributed by atoms with Crippen molar-refractivity contribution in [3.8, 4) is 0 Å². The van der Waals surface area contributed by atoms with E-state index in [-0.39, 0.29) is 21.4 Å². The van der Waals surface area contributed by atoms with Crippen molar-refractivity contribution in [1.82, 2.24) is 10.3 Å². The molecule has 1 unspecified atom stereocenters. The number of hydrogen-bond acceptors (Lipinski definition) is 10. The summed E-state index contributed by atoms with van der Waals surface area (Å²) in [5.41, 5.74) is 0.293. The number of ether oxygens (including phenoxy) is 1. The van der Waals surface area contributed by atoms with Crippen LogP contribution in [0.2, 0.25) is 5.02 Å². The lowest BCUT2D eigenvalue weighted by molar-refractivity contribution is -0.147. The fourth-order valence-electron chi connectivity index (χ4n) is 2.68. The highest BCUT2D eigenvalue weighted by Gasteiger charge is 2.26. The van der Waals surface area contributed by atoms with Crippen LogP contribution in [0.15, 0.2) is 22.7 Å². The van der Waals surface area contributed by atoms with Crippen molar-refractivity contribution < 1.29 is 38.5 Å². The van der Waals surface area contributed by atoms with Crippen LogP contribution in [0.5, 0.6) is 0 Å². The first kappa shape index (κ1) is 29.6. The summed E-state index contributed by atoms with van der Waals surface area (Å²) in [7, 11) is 1.09. The molecule has 12 nitrogen and oxygen atoms in total. The van der Waals surface area contributed by atoms with Crippen molar-refractivity contribution in [3.63, 3.8) is 0 Å². The molecule has 2 aromatic rings. The number of carbonyl (C=O) groups is 4. The molecule has 1 aromatic carbocycles. The zero-order chi connectivity index (χ0) is 27.9. The normalized spacial score (nSPS) is 12.3. The molecule has 0 aliphatic rings. The number of thiazole rings is 1. The molecule has 0 fully saturated rings. The first-order chi connectivity index (χ1) is 17.2. The van der Waals surface area contributed by atoms with Gasteiger partial charge >= 0.3 is 26.1 Å². The minimum Gasteiger partial charge on any atom is -0.541 e. The van der Waals surface area contributed by atoms with Crippen molar-refractivity contribution in [3.05, 3.63) is 44.9 Å². The van der Waals surface area contributed by atoms with E-state index < -0.39 is 47.9 Å². The van der Waals surface area contributed by atoms with E-state index in [0.717, 1.165) is 30.5 Å². The zero-order valence-corrected chi connectivity index (χ0v) is 22.6. The Kier molecular flexibility index (Phi) is 10.0. The molecule has 198 valence electrons. The summed E-state index contributed by atoms with van der Waals surface area (Å²) in [5.74, 6) is -3.00. The summed E-state index contributed by atoms with van der Waals surface area (Å²) < 4.78 is 9.79. The van der Waals surface area contributed by atoms with Crippen LogP contribution in [0.25, 0.3) is 0 Å². The molecule has 37 heavy (non-hydrogen) atoms. The molecule has 15 heteroatoms. The van der Waals surface area contributed by atoms with E-state index in [1.54, 1.807) is 39.8 Å². The lowest BCUT2D eigenvalue weighted by Gasteiger charge is -2.18. The van der Waals surface area contributed by atoms with E-state index in [9.17, 15) is 24.3 Å². The Morgan fingerprint density at radius 1 is 1.24 bits per heavy atom. The topological polar surface area (TPSA) is 166 Å². The van der Waals surface area contributed by atoms with Crippen LogP contribution in [-0.4, -0.2) is 66.0 Å². The second-order valence-corrected chi connectivity index (χ2v) is 9.84. The number of carbonyl (C=O) groups excluding carboxylic acids is 3. The van der Waals surface area contributed by atoms with E-state index in [4.69, 9.17) is 21.2 Å². The number of oxime groups is 1.